The van der Waals surface area contributed by atoms with Gasteiger partial charge >= 0.3 is 0 Å². The van der Waals surface area contributed by atoms with Gasteiger partial charge in [0.25, 0.3) is 0 Å². The van der Waals surface area contributed by atoms with Gasteiger partial charge in [0, 0.05) is 45.4 Å². The largest absolute Gasteiger partial charge is 0.396 e. The van der Waals surface area contributed by atoms with Crippen molar-refractivity contribution in [1.82, 2.24) is 9.80 Å². The Labute approximate surface area is 80.3 Å². The zero-order valence-corrected chi connectivity index (χ0v) is 8.28. The van der Waals surface area contributed by atoms with E-state index in [0.29, 0.717) is 6.61 Å². The van der Waals surface area contributed by atoms with Crippen LogP contribution in [0.25, 0.3) is 0 Å². The summed E-state index contributed by atoms with van der Waals surface area (Å²) in [4.78, 5) is 5.20. The van der Waals surface area contributed by atoms with Gasteiger partial charge in [-0.25, -0.2) is 0 Å². The van der Waals surface area contributed by atoms with Crippen LogP contribution >= 0.6 is 0 Å². The van der Waals surface area contributed by atoms with Gasteiger partial charge in [0.15, 0.2) is 0 Å². The molecule has 1 atom stereocenters. The Morgan fingerprint density at radius 2 is 1.85 bits per heavy atom. The molecule has 2 bridgehead atoms. The molecule has 0 amide bonds. The van der Waals surface area contributed by atoms with Crippen molar-refractivity contribution < 1.29 is 5.11 Å². The third-order valence-corrected chi connectivity index (χ3v) is 3.34. The molecule has 0 radical (unpaired) electrons. The topological polar surface area (TPSA) is 26.7 Å². The van der Waals surface area contributed by atoms with Crippen LogP contribution in [-0.4, -0.2) is 60.3 Å². The molecule has 0 aromatic rings. The van der Waals surface area contributed by atoms with E-state index in [1.165, 1.54) is 45.6 Å². The van der Waals surface area contributed by atoms with Gasteiger partial charge in [-0.3, -0.25) is 9.80 Å². The SMILES string of the molecule is OCCCCC1CN2CCN1CC2. The van der Waals surface area contributed by atoms with Crippen molar-refractivity contribution in [3.63, 3.8) is 0 Å². The summed E-state index contributed by atoms with van der Waals surface area (Å²) >= 11 is 0. The number of unbranched alkanes of at least 4 members (excludes halogenated alkanes) is 1. The molecule has 0 spiro atoms. The normalized spacial score (nSPS) is 38.1. The maximum absolute atomic E-state index is 8.70. The molecule has 3 rings (SSSR count). The second-order valence-corrected chi connectivity index (χ2v) is 4.21. The third kappa shape index (κ3) is 2.22. The number of nitrogens with zero attached hydrogens (tertiary/aromatic N) is 2. The molecule has 0 aromatic heterocycles. The van der Waals surface area contributed by atoms with E-state index in [0.717, 1.165) is 12.5 Å². The Morgan fingerprint density at radius 1 is 1.08 bits per heavy atom. The van der Waals surface area contributed by atoms with Gasteiger partial charge in [-0.15, -0.1) is 0 Å². The highest BCUT2D eigenvalue weighted by Gasteiger charge is 2.30. The Hall–Kier alpha value is -0.120. The van der Waals surface area contributed by atoms with Crippen molar-refractivity contribution in [2.75, 3.05) is 39.3 Å². The first-order chi connectivity index (χ1) is 6.40. The molecule has 0 aliphatic carbocycles. The summed E-state index contributed by atoms with van der Waals surface area (Å²) < 4.78 is 0. The Morgan fingerprint density at radius 3 is 2.38 bits per heavy atom. The summed E-state index contributed by atoms with van der Waals surface area (Å²) in [6.45, 7) is 6.71. The van der Waals surface area contributed by atoms with Crippen LogP contribution in [0.4, 0.5) is 0 Å². The van der Waals surface area contributed by atoms with Gasteiger partial charge < -0.3 is 5.11 Å². The van der Waals surface area contributed by atoms with E-state index in [-0.39, 0.29) is 0 Å². The lowest BCUT2D eigenvalue weighted by atomic mass is 10.0. The smallest absolute Gasteiger partial charge is 0.0431 e. The monoisotopic (exact) mass is 184 g/mol. The number of piperazine rings is 3. The predicted molar refractivity (Wildman–Crippen MR) is 52.7 cm³/mol. The zero-order chi connectivity index (χ0) is 9.10. The minimum Gasteiger partial charge on any atom is -0.396 e. The van der Waals surface area contributed by atoms with E-state index in [1.807, 2.05) is 0 Å². The van der Waals surface area contributed by atoms with Crippen molar-refractivity contribution >= 4 is 0 Å². The lowest BCUT2D eigenvalue weighted by Crippen LogP contribution is -2.60. The molecule has 0 saturated carbocycles. The van der Waals surface area contributed by atoms with Crippen LogP contribution in [0.5, 0.6) is 0 Å². The highest BCUT2D eigenvalue weighted by atomic mass is 16.2. The van der Waals surface area contributed by atoms with Crippen LogP contribution in [0.1, 0.15) is 19.3 Å². The molecule has 13 heavy (non-hydrogen) atoms. The zero-order valence-electron chi connectivity index (χ0n) is 8.28. The Kier molecular flexibility index (Phi) is 3.19. The Balaban J connectivity index is 1.74. The third-order valence-electron chi connectivity index (χ3n) is 3.34. The van der Waals surface area contributed by atoms with E-state index in [1.54, 1.807) is 0 Å². The molecule has 3 aliphatic heterocycles. The van der Waals surface area contributed by atoms with E-state index in [2.05, 4.69) is 9.80 Å². The summed E-state index contributed by atoms with van der Waals surface area (Å²) in [5.41, 5.74) is 0. The molecule has 3 fully saturated rings. The van der Waals surface area contributed by atoms with Gasteiger partial charge in [-0.2, -0.15) is 0 Å². The summed E-state index contributed by atoms with van der Waals surface area (Å²) in [6.07, 6.45) is 3.44. The fourth-order valence-corrected chi connectivity index (χ4v) is 2.49. The predicted octanol–water partition coefficient (Wildman–Crippen LogP) is 0.149. The average molecular weight is 184 g/mol. The second-order valence-electron chi connectivity index (χ2n) is 4.21. The lowest BCUT2D eigenvalue weighted by Gasteiger charge is -2.47. The first-order valence-corrected chi connectivity index (χ1v) is 5.47. The second kappa shape index (κ2) is 4.40. The molecule has 1 unspecified atom stereocenters. The highest BCUT2D eigenvalue weighted by molar-refractivity contribution is 4.87. The molecule has 3 heteroatoms. The van der Waals surface area contributed by atoms with Crippen LogP contribution in [0.2, 0.25) is 0 Å². The highest BCUT2D eigenvalue weighted by Crippen LogP contribution is 2.19. The first kappa shape index (κ1) is 9.44. The fraction of sp³-hybridized carbons (Fsp3) is 1.00. The first-order valence-electron chi connectivity index (χ1n) is 5.47. The molecular weight excluding hydrogens is 164 g/mol. The summed E-state index contributed by atoms with van der Waals surface area (Å²) in [6, 6.07) is 0.786. The standard InChI is InChI=1S/C10H20N2O/c13-8-2-1-3-10-9-11-4-6-12(10)7-5-11/h10,13H,1-9H2. The van der Waals surface area contributed by atoms with Crippen LogP contribution in [0.3, 0.4) is 0 Å². The molecule has 3 heterocycles. The maximum atomic E-state index is 8.70. The van der Waals surface area contributed by atoms with E-state index in [9.17, 15) is 0 Å². The van der Waals surface area contributed by atoms with Crippen molar-refractivity contribution in [3.05, 3.63) is 0 Å². The molecule has 3 aliphatic rings. The molecule has 3 nitrogen and oxygen atoms in total. The van der Waals surface area contributed by atoms with Crippen molar-refractivity contribution in [2.45, 2.75) is 25.3 Å². The van der Waals surface area contributed by atoms with Gasteiger partial charge in [-0.05, 0) is 19.3 Å². The van der Waals surface area contributed by atoms with Crippen LogP contribution in [0, 0.1) is 0 Å². The van der Waals surface area contributed by atoms with E-state index < -0.39 is 0 Å². The molecule has 1 N–H and O–H groups in total. The summed E-state index contributed by atoms with van der Waals surface area (Å²) in [5, 5.41) is 8.70. The minimum absolute atomic E-state index is 0.358. The van der Waals surface area contributed by atoms with Crippen molar-refractivity contribution in [1.29, 1.82) is 0 Å². The molecular formula is C10H20N2O. The van der Waals surface area contributed by atoms with Gasteiger partial charge in [0.2, 0.25) is 0 Å². The number of hydrogen-bond donors (Lipinski definition) is 1. The lowest BCUT2D eigenvalue weighted by molar-refractivity contribution is 0.00851. The number of hydrogen-bond acceptors (Lipinski definition) is 3. The molecule has 3 saturated heterocycles. The Bertz CT molecular complexity index is 155. The number of aliphatic hydroxyl groups excluding tert-OH is 1. The van der Waals surface area contributed by atoms with Gasteiger partial charge in [0.1, 0.15) is 0 Å². The van der Waals surface area contributed by atoms with Crippen LogP contribution in [0.15, 0.2) is 0 Å². The van der Waals surface area contributed by atoms with E-state index in [4.69, 9.17) is 5.11 Å². The summed E-state index contributed by atoms with van der Waals surface area (Å²) in [5.74, 6) is 0. The minimum atomic E-state index is 0.358. The maximum Gasteiger partial charge on any atom is 0.0431 e. The van der Waals surface area contributed by atoms with Gasteiger partial charge in [-0.1, -0.05) is 0 Å². The summed E-state index contributed by atoms with van der Waals surface area (Å²) in [7, 11) is 0. The number of rotatable bonds is 4. The van der Waals surface area contributed by atoms with Crippen molar-refractivity contribution in [3.8, 4) is 0 Å². The number of fused-ring (bicyclic) bond motifs is 3. The van der Waals surface area contributed by atoms with Crippen molar-refractivity contribution in [2.24, 2.45) is 0 Å². The van der Waals surface area contributed by atoms with Gasteiger partial charge in [0.05, 0.1) is 0 Å². The van der Waals surface area contributed by atoms with Crippen LogP contribution in [-0.2, 0) is 0 Å². The van der Waals surface area contributed by atoms with Crippen LogP contribution < -0.4 is 0 Å². The number of aliphatic hydroxyl groups is 1. The van der Waals surface area contributed by atoms with E-state index >= 15 is 0 Å². The average Bonchev–Trinajstić information content (AvgIpc) is 2.20. The quantitative estimate of drug-likeness (QED) is 0.630. The fourth-order valence-electron chi connectivity index (χ4n) is 2.49. The molecule has 76 valence electrons. The molecule has 0 aromatic carbocycles.